The molecule has 1 atom stereocenters. The molecule has 0 radical (unpaired) electrons. The number of carbonyl (C=O) groups excluding carboxylic acids is 2. The average molecular weight is 367 g/mol. The molecule has 1 aromatic carbocycles. The van der Waals surface area contributed by atoms with E-state index in [1.807, 2.05) is 11.8 Å². The monoisotopic (exact) mass is 366 g/mol. The number of halogens is 1. The van der Waals surface area contributed by atoms with E-state index in [-0.39, 0.29) is 11.8 Å². The van der Waals surface area contributed by atoms with E-state index in [0.29, 0.717) is 35.8 Å². The van der Waals surface area contributed by atoms with Gasteiger partial charge in [0.05, 0.1) is 12.7 Å². The van der Waals surface area contributed by atoms with Gasteiger partial charge in [-0.2, -0.15) is 0 Å². The Bertz CT molecular complexity index is 621. The number of rotatable bonds is 7. The van der Waals surface area contributed by atoms with Crippen molar-refractivity contribution in [2.45, 2.75) is 45.6 Å². The van der Waals surface area contributed by atoms with E-state index < -0.39 is 6.04 Å². The molecule has 0 spiro atoms. The highest BCUT2D eigenvalue weighted by molar-refractivity contribution is 6.31. The predicted molar refractivity (Wildman–Crippen MR) is 99.2 cm³/mol. The van der Waals surface area contributed by atoms with E-state index in [4.69, 9.17) is 16.3 Å². The third kappa shape index (κ3) is 4.46. The van der Waals surface area contributed by atoms with Crippen molar-refractivity contribution in [1.29, 1.82) is 0 Å². The number of ether oxygens (including phenoxy) is 1. The Labute approximate surface area is 154 Å². The van der Waals surface area contributed by atoms with Crippen molar-refractivity contribution in [2.24, 2.45) is 0 Å². The smallest absolute Gasteiger partial charge is 0.258 e. The first-order valence-corrected chi connectivity index (χ1v) is 9.34. The molecule has 0 aliphatic carbocycles. The summed E-state index contributed by atoms with van der Waals surface area (Å²) in [7, 11) is 1.52. The van der Waals surface area contributed by atoms with Gasteiger partial charge in [-0.1, -0.05) is 24.9 Å². The number of amides is 2. The molecule has 1 aliphatic heterocycles. The molecular weight excluding hydrogens is 340 g/mol. The summed E-state index contributed by atoms with van der Waals surface area (Å²) in [6.45, 7) is 6.07. The molecule has 1 saturated heterocycles. The predicted octanol–water partition coefficient (Wildman–Crippen LogP) is 3.60. The Hall–Kier alpha value is -1.75. The van der Waals surface area contributed by atoms with Gasteiger partial charge in [-0.25, -0.2) is 0 Å². The minimum absolute atomic E-state index is 0.0443. The van der Waals surface area contributed by atoms with Crippen molar-refractivity contribution in [3.63, 3.8) is 0 Å². The fourth-order valence-corrected chi connectivity index (χ4v) is 3.42. The Kier molecular flexibility index (Phi) is 7.12. The molecular formula is C19H27ClN2O3. The van der Waals surface area contributed by atoms with E-state index in [1.54, 1.807) is 23.1 Å². The highest BCUT2D eigenvalue weighted by Gasteiger charge is 2.37. The van der Waals surface area contributed by atoms with Gasteiger partial charge < -0.3 is 14.5 Å². The van der Waals surface area contributed by atoms with Crippen molar-refractivity contribution < 1.29 is 14.3 Å². The highest BCUT2D eigenvalue weighted by Crippen LogP contribution is 2.28. The third-order valence-electron chi connectivity index (χ3n) is 4.67. The molecule has 25 heavy (non-hydrogen) atoms. The number of benzene rings is 1. The minimum atomic E-state index is -0.395. The van der Waals surface area contributed by atoms with Crippen LogP contribution in [0.4, 0.5) is 0 Å². The average Bonchev–Trinajstić information content (AvgIpc) is 3.11. The fraction of sp³-hybridized carbons (Fsp3) is 0.579. The summed E-state index contributed by atoms with van der Waals surface area (Å²) < 4.78 is 5.30. The Morgan fingerprint density at radius 2 is 2.12 bits per heavy atom. The molecule has 1 aromatic rings. The first kappa shape index (κ1) is 19.6. The lowest BCUT2D eigenvalue weighted by molar-refractivity contribution is -0.135. The normalized spacial score (nSPS) is 16.8. The SMILES string of the molecule is CCCCN(CC)C(=O)C1CCCN1C(=O)c1cc(Cl)ccc1OC. The van der Waals surface area contributed by atoms with Crippen molar-refractivity contribution >= 4 is 23.4 Å². The van der Waals surface area contributed by atoms with Gasteiger partial charge in [-0.05, 0) is 44.4 Å². The number of methoxy groups -OCH3 is 1. The standard InChI is InChI=1S/C19H27ClN2O3/c1-4-6-11-21(5-2)19(24)16-8-7-12-22(16)18(23)15-13-14(20)9-10-17(15)25-3/h9-10,13,16H,4-8,11-12H2,1-3H3. The maximum Gasteiger partial charge on any atom is 0.258 e. The molecule has 0 aromatic heterocycles. The van der Waals surface area contributed by atoms with Crippen LogP contribution in [0.2, 0.25) is 5.02 Å². The van der Waals surface area contributed by atoms with Crippen LogP contribution in [0.3, 0.4) is 0 Å². The first-order chi connectivity index (χ1) is 12.0. The highest BCUT2D eigenvalue weighted by atomic mass is 35.5. The van der Waals surface area contributed by atoms with Crippen molar-refractivity contribution in [3.05, 3.63) is 28.8 Å². The number of hydrogen-bond donors (Lipinski definition) is 0. The quantitative estimate of drug-likeness (QED) is 0.740. The maximum absolute atomic E-state index is 13.0. The van der Waals surface area contributed by atoms with Gasteiger partial charge in [-0.3, -0.25) is 9.59 Å². The number of likely N-dealkylation sites (tertiary alicyclic amines) is 1. The number of unbranched alkanes of at least 4 members (excludes halogenated alkanes) is 1. The molecule has 5 nitrogen and oxygen atoms in total. The van der Waals surface area contributed by atoms with Crippen LogP contribution in [0, 0.1) is 0 Å². The number of nitrogens with zero attached hydrogens (tertiary/aromatic N) is 2. The van der Waals surface area contributed by atoms with Crippen molar-refractivity contribution in [2.75, 3.05) is 26.7 Å². The second kappa shape index (κ2) is 9.09. The summed E-state index contributed by atoms with van der Waals surface area (Å²) in [6.07, 6.45) is 3.55. The third-order valence-corrected chi connectivity index (χ3v) is 4.90. The lowest BCUT2D eigenvalue weighted by atomic mass is 10.1. The van der Waals surface area contributed by atoms with Gasteiger partial charge in [0.2, 0.25) is 5.91 Å². The summed E-state index contributed by atoms with van der Waals surface area (Å²) in [5.41, 5.74) is 0.409. The van der Waals surface area contributed by atoms with Crippen LogP contribution < -0.4 is 4.74 Å². The van der Waals surface area contributed by atoms with Crippen LogP contribution in [-0.4, -0.2) is 54.4 Å². The zero-order chi connectivity index (χ0) is 18.4. The summed E-state index contributed by atoms with van der Waals surface area (Å²) in [4.78, 5) is 29.5. The molecule has 0 bridgehead atoms. The molecule has 0 N–H and O–H groups in total. The second-order valence-corrected chi connectivity index (χ2v) is 6.71. The van der Waals surface area contributed by atoms with Gasteiger partial charge in [0, 0.05) is 24.7 Å². The molecule has 138 valence electrons. The van der Waals surface area contributed by atoms with E-state index in [9.17, 15) is 9.59 Å². The van der Waals surface area contributed by atoms with E-state index in [1.165, 1.54) is 7.11 Å². The zero-order valence-electron chi connectivity index (χ0n) is 15.3. The fourth-order valence-electron chi connectivity index (χ4n) is 3.25. The van der Waals surface area contributed by atoms with Crippen molar-refractivity contribution in [3.8, 4) is 5.75 Å². The van der Waals surface area contributed by atoms with E-state index in [0.717, 1.165) is 25.8 Å². The molecule has 2 amide bonds. The van der Waals surface area contributed by atoms with Crippen LogP contribution in [-0.2, 0) is 4.79 Å². The van der Waals surface area contributed by atoms with Gasteiger partial charge in [0.15, 0.2) is 0 Å². The maximum atomic E-state index is 13.0. The van der Waals surface area contributed by atoms with Crippen LogP contribution >= 0.6 is 11.6 Å². The van der Waals surface area contributed by atoms with Gasteiger partial charge in [0.25, 0.3) is 5.91 Å². The minimum Gasteiger partial charge on any atom is -0.496 e. The lowest BCUT2D eigenvalue weighted by Gasteiger charge is -2.30. The number of hydrogen-bond acceptors (Lipinski definition) is 3. The summed E-state index contributed by atoms with van der Waals surface area (Å²) in [6, 6.07) is 4.58. The largest absolute Gasteiger partial charge is 0.496 e. The molecule has 1 heterocycles. The van der Waals surface area contributed by atoms with Gasteiger partial charge in [-0.15, -0.1) is 0 Å². The molecule has 1 aliphatic rings. The van der Waals surface area contributed by atoms with Crippen LogP contribution in [0.15, 0.2) is 18.2 Å². The van der Waals surface area contributed by atoms with Crippen LogP contribution in [0.5, 0.6) is 5.75 Å². The topological polar surface area (TPSA) is 49.9 Å². The summed E-state index contributed by atoms with van der Waals surface area (Å²) in [5.74, 6) is 0.329. The van der Waals surface area contributed by atoms with E-state index in [2.05, 4.69) is 6.92 Å². The Morgan fingerprint density at radius 3 is 2.76 bits per heavy atom. The van der Waals surface area contributed by atoms with Crippen molar-refractivity contribution in [1.82, 2.24) is 9.80 Å². The molecule has 0 saturated carbocycles. The molecule has 1 fully saturated rings. The van der Waals surface area contributed by atoms with Crippen LogP contribution in [0.25, 0.3) is 0 Å². The molecule has 1 unspecified atom stereocenters. The van der Waals surface area contributed by atoms with Gasteiger partial charge in [0.1, 0.15) is 11.8 Å². The zero-order valence-corrected chi connectivity index (χ0v) is 16.0. The number of carbonyl (C=O) groups is 2. The lowest BCUT2D eigenvalue weighted by Crippen LogP contribution is -2.48. The van der Waals surface area contributed by atoms with E-state index >= 15 is 0 Å². The second-order valence-electron chi connectivity index (χ2n) is 6.27. The van der Waals surface area contributed by atoms with Gasteiger partial charge >= 0.3 is 0 Å². The Morgan fingerprint density at radius 1 is 1.36 bits per heavy atom. The summed E-state index contributed by atoms with van der Waals surface area (Å²) >= 11 is 6.05. The summed E-state index contributed by atoms with van der Waals surface area (Å²) in [5, 5.41) is 0.476. The first-order valence-electron chi connectivity index (χ1n) is 8.96. The molecule has 6 heteroatoms. The molecule has 2 rings (SSSR count). The Balaban J connectivity index is 2.21. The number of likely N-dealkylation sites (N-methyl/N-ethyl adjacent to an activating group) is 1. The van der Waals surface area contributed by atoms with Crippen LogP contribution in [0.1, 0.15) is 49.9 Å².